The summed E-state index contributed by atoms with van der Waals surface area (Å²) in [5.74, 6) is -0.332. The normalized spacial score (nSPS) is 21.0. The van der Waals surface area contributed by atoms with Gasteiger partial charge in [-0.3, -0.25) is 4.90 Å². The van der Waals surface area contributed by atoms with E-state index in [2.05, 4.69) is 17.1 Å². The van der Waals surface area contributed by atoms with E-state index >= 15 is 0 Å². The maximum Gasteiger partial charge on any atom is 0.142 e. The Morgan fingerprint density at radius 3 is 2.94 bits per heavy atom. The predicted molar refractivity (Wildman–Crippen MR) is 71.4 cm³/mol. The Labute approximate surface area is 113 Å². The molecule has 1 N–H and O–H groups in total. The minimum atomic E-state index is -0.332. The Bertz CT molecular complexity index is 374. The number of piperazine rings is 1. The number of benzene rings is 1. The molecule has 1 aromatic rings. The Kier molecular flexibility index (Phi) is 5.67. The van der Waals surface area contributed by atoms with E-state index in [4.69, 9.17) is 11.6 Å². The van der Waals surface area contributed by atoms with Gasteiger partial charge in [0.25, 0.3) is 0 Å². The first kappa shape index (κ1) is 14.7. The number of halogens is 3. The minimum Gasteiger partial charge on any atom is -0.314 e. The highest BCUT2D eigenvalue weighted by molar-refractivity contribution is 6.30. The van der Waals surface area contributed by atoms with E-state index in [-0.39, 0.29) is 23.2 Å². The Hall–Kier alpha value is -0.350. The van der Waals surface area contributed by atoms with Crippen LogP contribution in [0.15, 0.2) is 18.2 Å². The van der Waals surface area contributed by atoms with Crippen LogP contribution in [0.3, 0.4) is 0 Å². The molecule has 0 unspecified atom stereocenters. The maximum atomic E-state index is 13.3. The summed E-state index contributed by atoms with van der Waals surface area (Å²) in [5.41, 5.74) is 0.982. The van der Waals surface area contributed by atoms with Gasteiger partial charge in [0.15, 0.2) is 0 Å². The van der Waals surface area contributed by atoms with Crippen LogP contribution in [0.1, 0.15) is 12.5 Å². The van der Waals surface area contributed by atoms with Crippen LogP contribution in [-0.2, 0) is 6.54 Å². The van der Waals surface area contributed by atoms with Crippen molar-refractivity contribution in [3.63, 3.8) is 0 Å². The van der Waals surface area contributed by atoms with E-state index in [1.165, 1.54) is 6.07 Å². The van der Waals surface area contributed by atoms with Gasteiger partial charge in [-0.15, -0.1) is 12.4 Å². The van der Waals surface area contributed by atoms with Crippen LogP contribution in [0.5, 0.6) is 0 Å². The van der Waals surface area contributed by atoms with Crippen LogP contribution in [0.4, 0.5) is 4.39 Å². The number of nitrogens with zero attached hydrogens (tertiary/aromatic N) is 1. The molecule has 2 nitrogen and oxygen atoms in total. The van der Waals surface area contributed by atoms with Gasteiger partial charge in [-0.25, -0.2) is 4.39 Å². The first-order chi connectivity index (χ1) is 7.66. The average Bonchev–Trinajstić information content (AvgIpc) is 2.27. The summed E-state index contributed by atoms with van der Waals surface area (Å²) in [6.07, 6.45) is 0. The molecule has 0 radical (unpaired) electrons. The maximum absolute atomic E-state index is 13.3. The van der Waals surface area contributed by atoms with Crippen molar-refractivity contribution in [2.45, 2.75) is 19.5 Å². The molecule has 0 spiro atoms. The van der Waals surface area contributed by atoms with Gasteiger partial charge >= 0.3 is 0 Å². The summed E-state index contributed by atoms with van der Waals surface area (Å²) in [4.78, 5) is 2.35. The molecule has 2 rings (SSSR count). The SMILES string of the molecule is C[C@H]1CNCCN1Cc1ccc(Cl)c(F)c1.Cl. The van der Waals surface area contributed by atoms with Gasteiger partial charge in [0.1, 0.15) is 5.82 Å². The quantitative estimate of drug-likeness (QED) is 0.895. The van der Waals surface area contributed by atoms with Gasteiger partial charge in [-0.05, 0) is 24.6 Å². The fourth-order valence-electron chi connectivity index (χ4n) is 1.99. The molecule has 1 aliphatic rings. The highest BCUT2D eigenvalue weighted by Crippen LogP contribution is 2.17. The molecule has 0 bridgehead atoms. The van der Waals surface area contributed by atoms with Gasteiger partial charge in [0.05, 0.1) is 5.02 Å². The molecule has 5 heteroatoms. The fourth-order valence-corrected chi connectivity index (χ4v) is 2.11. The second kappa shape index (κ2) is 6.55. The lowest BCUT2D eigenvalue weighted by Gasteiger charge is -2.33. The van der Waals surface area contributed by atoms with Gasteiger partial charge in [0, 0.05) is 32.2 Å². The van der Waals surface area contributed by atoms with Crippen molar-refractivity contribution in [1.82, 2.24) is 10.2 Å². The van der Waals surface area contributed by atoms with Crippen molar-refractivity contribution in [2.75, 3.05) is 19.6 Å². The van der Waals surface area contributed by atoms with Crippen molar-refractivity contribution in [3.05, 3.63) is 34.6 Å². The standard InChI is InChI=1S/C12H16ClFN2.ClH/c1-9-7-15-4-5-16(9)8-10-2-3-11(13)12(14)6-10;/h2-3,6,9,15H,4-5,7-8H2,1H3;1H/t9-;/m0./s1. The zero-order chi connectivity index (χ0) is 11.5. The van der Waals surface area contributed by atoms with E-state index in [1.807, 2.05) is 6.07 Å². The predicted octanol–water partition coefficient (Wildman–Crippen LogP) is 2.69. The summed E-state index contributed by atoms with van der Waals surface area (Å²) in [5, 5.41) is 3.53. The third-order valence-corrected chi connectivity index (χ3v) is 3.32. The molecule has 0 aromatic heterocycles. The van der Waals surface area contributed by atoms with Crippen molar-refractivity contribution >= 4 is 24.0 Å². The van der Waals surface area contributed by atoms with E-state index in [0.717, 1.165) is 31.7 Å². The smallest absolute Gasteiger partial charge is 0.142 e. The molecule has 1 atom stereocenters. The summed E-state index contributed by atoms with van der Waals surface area (Å²) in [6, 6.07) is 5.53. The molecule has 96 valence electrons. The van der Waals surface area contributed by atoms with Crippen molar-refractivity contribution < 1.29 is 4.39 Å². The first-order valence-corrected chi connectivity index (χ1v) is 5.93. The first-order valence-electron chi connectivity index (χ1n) is 5.55. The zero-order valence-electron chi connectivity index (χ0n) is 9.75. The van der Waals surface area contributed by atoms with Crippen LogP contribution >= 0.6 is 24.0 Å². The molecule has 17 heavy (non-hydrogen) atoms. The molecular formula is C12H17Cl2FN2. The highest BCUT2D eigenvalue weighted by atomic mass is 35.5. The molecule has 1 aromatic carbocycles. The summed E-state index contributed by atoms with van der Waals surface area (Å²) >= 11 is 5.65. The third kappa shape index (κ3) is 3.81. The lowest BCUT2D eigenvalue weighted by atomic mass is 10.1. The lowest BCUT2D eigenvalue weighted by Crippen LogP contribution is -2.49. The number of hydrogen-bond donors (Lipinski definition) is 1. The molecule has 0 saturated carbocycles. The monoisotopic (exact) mass is 278 g/mol. The van der Waals surface area contributed by atoms with Gasteiger partial charge in [-0.2, -0.15) is 0 Å². The lowest BCUT2D eigenvalue weighted by molar-refractivity contribution is 0.165. The topological polar surface area (TPSA) is 15.3 Å². The largest absolute Gasteiger partial charge is 0.314 e. The molecule has 0 aliphatic carbocycles. The van der Waals surface area contributed by atoms with E-state index in [9.17, 15) is 4.39 Å². The highest BCUT2D eigenvalue weighted by Gasteiger charge is 2.17. The number of nitrogens with one attached hydrogen (secondary N) is 1. The van der Waals surface area contributed by atoms with E-state index in [0.29, 0.717) is 6.04 Å². The second-order valence-corrected chi connectivity index (χ2v) is 4.68. The van der Waals surface area contributed by atoms with Crippen molar-refractivity contribution in [1.29, 1.82) is 0 Å². The van der Waals surface area contributed by atoms with Crippen LogP contribution in [0, 0.1) is 5.82 Å². The molecule has 1 aliphatic heterocycles. The molecular weight excluding hydrogens is 262 g/mol. The second-order valence-electron chi connectivity index (χ2n) is 4.27. The van der Waals surface area contributed by atoms with Gasteiger partial charge < -0.3 is 5.32 Å². The zero-order valence-corrected chi connectivity index (χ0v) is 11.3. The average molecular weight is 279 g/mol. The van der Waals surface area contributed by atoms with Crippen molar-refractivity contribution in [2.24, 2.45) is 0 Å². The van der Waals surface area contributed by atoms with Crippen LogP contribution in [-0.4, -0.2) is 30.6 Å². The molecule has 1 heterocycles. The third-order valence-electron chi connectivity index (χ3n) is 3.01. The Morgan fingerprint density at radius 1 is 1.53 bits per heavy atom. The molecule has 1 fully saturated rings. The summed E-state index contributed by atoms with van der Waals surface area (Å²) in [7, 11) is 0. The summed E-state index contributed by atoms with van der Waals surface area (Å²) < 4.78 is 13.3. The number of hydrogen-bond acceptors (Lipinski definition) is 2. The number of rotatable bonds is 2. The molecule has 0 amide bonds. The van der Waals surface area contributed by atoms with Crippen molar-refractivity contribution in [3.8, 4) is 0 Å². The van der Waals surface area contributed by atoms with Gasteiger partial charge in [0.2, 0.25) is 0 Å². The van der Waals surface area contributed by atoms with Crippen LogP contribution in [0.25, 0.3) is 0 Å². The fraction of sp³-hybridized carbons (Fsp3) is 0.500. The Morgan fingerprint density at radius 2 is 2.29 bits per heavy atom. The minimum absolute atomic E-state index is 0. The van der Waals surface area contributed by atoms with Crippen LogP contribution in [0.2, 0.25) is 5.02 Å². The summed E-state index contributed by atoms with van der Waals surface area (Å²) in [6.45, 7) is 5.97. The Balaban J connectivity index is 0.00000144. The van der Waals surface area contributed by atoms with Gasteiger partial charge in [-0.1, -0.05) is 17.7 Å². The van der Waals surface area contributed by atoms with E-state index < -0.39 is 0 Å². The van der Waals surface area contributed by atoms with Crippen LogP contribution < -0.4 is 5.32 Å². The molecule has 1 saturated heterocycles. The van der Waals surface area contributed by atoms with E-state index in [1.54, 1.807) is 6.07 Å².